The van der Waals surface area contributed by atoms with E-state index < -0.39 is 16.0 Å². The normalized spacial score (nSPS) is 11.7. The number of benzene rings is 1. The van der Waals surface area contributed by atoms with Gasteiger partial charge in [-0.05, 0) is 24.6 Å². The lowest BCUT2D eigenvalue weighted by molar-refractivity contribution is 0.0697. The number of carboxylic acid groups (broad SMARTS) is 1. The van der Waals surface area contributed by atoms with E-state index in [1.165, 1.54) is 12.1 Å². The summed E-state index contributed by atoms with van der Waals surface area (Å²) in [7, 11) is -3.39. The molecule has 8 heteroatoms. The number of unbranched alkanes of at least 4 members (excludes halogenated alkanes) is 1. The minimum absolute atomic E-state index is 0.0554. The van der Waals surface area contributed by atoms with Crippen LogP contribution in [0, 0.1) is 0 Å². The molecule has 0 unspecified atom stereocenters. The molecule has 108 valence electrons. The average molecular weight is 314 g/mol. The fourth-order valence-electron chi connectivity index (χ4n) is 1.62. The Labute approximate surface area is 120 Å². The number of aromatic carboxylic acids is 1. The highest BCUT2D eigenvalue weighted by Gasteiger charge is 2.14. The van der Waals surface area contributed by atoms with E-state index in [1.807, 2.05) is 6.92 Å². The third kappa shape index (κ3) is 3.45. The van der Waals surface area contributed by atoms with Crippen molar-refractivity contribution in [2.45, 2.75) is 19.8 Å². The Hall–Kier alpha value is -1.67. The van der Waals surface area contributed by atoms with Crippen LogP contribution in [0.15, 0.2) is 18.2 Å². The Morgan fingerprint density at radius 2 is 2.20 bits per heavy atom. The van der Waals surface area contributed by atoms with E-state index in [0.29, 0.717) is 16.6 Å². The molecule has 2 rings (SSSR count). The number of rotatable bonds is 6. The molecule has 1 heterocycles. The molecular formula is C12H14N2O4S2. The van der Waals surface area contributed by atoms with Crippen molar-refractivity contribution in [1.82, 2.24) is 4.98 Å². The fourth-order valence-corrected chi connectivity index (χ4v) is 4.01. The number of nitrogens with zero attached hydrogens (tertiary/aromatic N) is 1. The van der Waals surface area contributed by atoms with Crippen LogP contribution in [0.4, 0.5) is 5.13 Å². The molecule has 0 aliphatic heterocycles. The molecule has 2 N–H and O–H groups in total. The summed E-state index contributed by atoms with van der Waals surface area (Å²) in [5.41, 5.74) is 0.731. The maximum Gasteiger partial charge on any atom is 0.335 e. The molecule has 2 aromatic rings. The van der Waals surface area contributed by atoms with Gasteiger partial charge in [-0.2, -0.15) is 0 Å². The number of sulfonamides is 1. The Bertz CT molecular complexity index is 737. The molecule has 1 aromatic heterocycles. The van der Waals surface area contributed by atoms with Crippen LogP contribution in [0.1, 0.15) is 30.1 Å². The molecule has 6 nitrogen and oxygen atoms in total. The van der Waals surface area contributed by atoms with Crippen LogP contribution in [0.3, 0.4) is 0 Å². The topological polar surface area (TPSA) is 96.4 Å². The fraction of sp³-hybridized carbons (Fsp3) is 0.333. The van der Waals surface area contributed by atoms with Gasteiger partial charge in [0.25, 0.3) is 0 Å². The van der Waals surface area contributed by atoms with Gasteiger partial charge in [-0.15, -0.1) is 0 Å². The number of hydrogen-bond acceptors (Lipinski definition) is 5. The number of nitrogens with one attached hydrogen (secondary N) is 1. The summed E-state index contributed by atoms with van der Waals surface area (Å²) in [6, 6.07) is 4.50. The lowest BCUT2D eigenvalue weighted by Crippen LogP contribution is -2.16. The molecule has 0 bridgehead atoms. The Morgan fingerprint density at radius 3 is 2.85 bits per heavy atom. The maximum absolute atomic E-state index is 11.8. The van der Waals surface area contributed by atoms with Gasteiger partial charge in [0.1, 0.15) is 0 Å². The zero-order valence-electron chi connectivity index (χ0n) is 10.8. The largest absolute Gasteiger partial charge is 0.478 e. The van der Waals surface area contributed by atoms with Crippen molar-refractivity contribution in [1.29, 1.82) is 0 Å². The summed E-state index contributed by atoms with van der Waals surface area (Å²) in [6.45, 7) is 1.92. The van der Waals surface area contributed by atoms with Gasteiger partial charge in [-0.25, -0.2) is 18.2 Å². The van der Waals surface area contributed by atoms with Crippen molar-refractivity contribution in [2.24, 2.45) is 0 Å². The lowest BCUT2D eigenvalue weighted by atomic mass is 10.2. The molecule has 0 atom stereocenters. The number of aromatic nitrogens is 1. The van der Waals surface area contributed by atoms with Crippen molar-refractivity contribution >= 4 is 42.7 Å². The van der Waals surface area contributed by atoms with E-state index in [0.717, 1.165) is 17.8 Å². The second-order valence-corrected chi connectivity index (χ2v) is 7.15. The summed E-state index contributed by atoms with van der Waals surface area (Å²) in [6.07, 6.45) is 1.38. The first-order valence-electron chi connectivity index (χ1n) is 6.05. The number of hydrogen-bond donors (Lipinski definition) is 2. The van der Waals surface area contributed by atoms with Crippen molar-refractivity contribution in [3.8, 4) is 0 Å². The van der Waals surface area contributed by atoms with Gasteiger partial charge in [0, 0.05) is 0 Å². The molecule has 0 amide bonds. The molecule has 0 radical (unpaired) electrons. The summed E-state index contributed by atoms with van der Waals surface area (Å²) < 4.78 is 26.6. The van der Waals surface area contributed by atoms with Crippen molar-refractivity contribution in [2.75, 3.05) is 10.5 Å². The van der Waals surface area contributed by atoms with Crippen LogP contribution in [0.25, 0.3) is 10.2 Å². The summed E-state index contributed by atoms with van der Waals surface area (Å²) in [5, 5.41) is 9.17. The SMILES string of the molecule is CCCCS(=O)(=O)Nc1nc2ccc(C(=O)O)cc2s1. The maximum atomic E-state index is 11.8. The van der Waals surface area contributed by atoms with E-state index >= 15 is 0 Å². The van der Waals surface area contributed by atoms with Crippen LogP contribution in [-0.2, 0) is 10.0 Å². The standard InChI is InChI=1S/C12H14N2O4S2/c1-2-3-6-20(17,18)14-12-13-9-5-4-8(11(15)16)7-10(9)19-12/h4-5,7H,2-3,6H2,1H3,(H,13,14)(H,15,16). The van der Waals surface area contributed by atoms with Gasteiger partial charge in [-0.1, -0.05) is 24.7 Å². The highest BCUT2D eigenvalue weighted by Crippen LogP contribution is 2.27. The van der Waals surface area contributed by atoms with Gasteiger partial charge >= 0.3 is 5.97 Å². The molecule has 0 saturated carbocycles. The number of fused-ring (bicyclic) bond motifs is 1. The molecule has 0 saturated heterocycles. The third-order valence-corrected chi connectivity index (χ3v) is 5.04. The number of carboxylic acids is 1. The minimum atomic E-state index is -3.39. The molecule has 20 heavy (non-hydrogen) atoms. The highest BCUT2D eigenvalue weighted by atomic mass is 32.2. The van der Waals surface area contributed by atoms with Crippen molar-refractivity contribution < 1.29 is 18.3 Å². The van der Waals surface area contributed by atoms with E-state index in [4.69, 9.17) is 5.11 Å². The smallest absolute Gasteiger partial charge is 0.335 e. The first-order valence-corrected chi connectivity index (χ1v) is 8.52. The van der Waals surface area contributed by atoms with Crippen LogP contribution in [0.2, 0.25) is 0 Å². The Morgan fingerprint density at radius 1 is 1.45 bits per heavy atom. The first kappa shape index (κ1) is 14.7. The molecule has 0 aliphatic rings. The van der Waals surface area contributed by atoms with Gasteiger partial charge in [0.15, 0.2) is 5.13 Å². The van der Waals surface area contributed by atoms with Crippen LogP contribution >= 0.6 is 11.3 Å². The Balaban J connectivity index is 2.26. The lowest BCUT2D eigenvalue weighted by Gasteiger charge is -2.02. The van der Waals surface area contributed by atoms with E-state index in [9.17, 15) is 13.2 Å². The van der Waals surface area contributed by atoms with Crippen LogP contribution in [0.5, 0.6) is 0 Å². The predicted octanol–water partition coefficient (Wildman–Crippen LogP) is 2.54. The number of carbonyl (C=O) groups is 1. The zero-order chi connectivity index (χ0) is 14.8. The summed E-state index contributed by atoms with van der Waals surface area (Å²) in [5.74, 6) is -0.967. The van der Waals surface area contributed by atoms with Gasteiger partial charge in [-0.3, -0.25) is 4.72 Å². The highest BCUT2D eigenvalue weighted by molar-refractivity contribution is 7.92. The van der Waals surface area contributed by atoms with Gasteiger partial charge in [0.2, 0.25) is 10.0 Å². The average Bonchev–Trinajstić information content (AvgIpc) is 2.76. The second-order valence-electron chi connectivity index (χ2n) is 4.28. The van der Waals surface area contributed by atoms with Crippen molar-refractivity contribution in [3.63, 3.8) is 0 Å². The quantitative estimate of drug-likeness (QED) is 0.854. The molecule has 0 fully saturated rings. The van der Waals surface area contributed by atoms with Gasteiger partial charge < -0.3 is 5.11 Å². The second kappa shape index (κ2) is 5.76. The number of thiazole rings is 1. The molecule has 0 spiro atoms. The summed E-state index contributed by atoms with van der Waals surface area (Å²) in [4.78, 5) is 15.0. The van der Waals surface area contributed by atoms with Crippen LogP contribution < -0.4 is 4.72 Å². The third-order valence-electron chi connectivity index (χ3n) is 2.64. The minimum Gasteiger partial charge on any atom is -0.478 e. The van der Waals surface area contributed by atoms with E-state index in [1.54, 1.807) is 6.07 Å². The van der Waals surface area contributed by atoms with E-state index in [2.05, 4.69) is 9.71 Å². The Kier molecular flexibility index (Phi) is 4.24. The van der Waals surface area contributed by atoms with Crippen LogP contribution in [-0.4, -0.2) is 30.2 Å². The van der Waals surface area contributed by atoms with Crippen molar-refractivity contribution in [3.05, 3.63) is 23.8 Å². The van der Waals surface area contributed by atoms with E-state index in [-0.39, 0.29) is 16.4 Å². The number of anilines is 1. The predicted molar refractivity (Wildman–Crippen MR) is 78.9 cm³/mol. The first-order chi connectivity index (χ1) is 9.41. The summed E-state index contributed by atoms with van der Waals surface area (Å²) >= 11 is 1.12. The monoisotopic (exact) mass is 314 g/mol. The molecule has 0 aliphatic carbocycles. The van der Waals surface area contributed by atoms with Gasteiger partial charge in [0.05, 0.1) is 21.5 Å². The molecular weight excluding hydrogens is 300 g/mol. The zero-order valence-corrected chi connectivity index (χ0v) is 12.4. The molecule has 1 aromatic carbocycles.